The average Bonchev–Trinajstić information content (AvgIpc) is 2.49. The second-order valence-corrected chi connectivity index (χ2v) is 4.27. The number of hydrogen-bond donors (Lipinski definition) is 3. The minimum absolute atomic E-state index is 0.233. The number of amides is 2. The number of hydrogen-bond acceptors (Lipinski definition) is 4. The standard InChI is InChI=1S/C15H15N3O3/c1-21-15(20)18-13-8-6-12(7-9-13)17-14(19)10-2-4-11(16)5-3-10/h2-9H,16H2,1H3,(H,17,19)(H,18,20). The smallest absolute Gasteiger partial charge is 0.411 e. The van der Waals surface area contributed by atoms with Crippen LogP contribution < -0.4 is 16.4 Å². The van der Waals surface area contributed by atoms with Crippen molar-refractivity contribution in [2.24, 2.45) is 0 Å². The molecule has 0 saturated carbocycles. The summed E-state index contributed by atoms with van der Waals surface area (Å²) in [6, 6.07) is 13.3. The van der Waals surface area contributed by atoms with Crippen molar-refractivity contribution in [1.29, 1.82) is 0 Å². The summed E-state index contributed by atoms with van der Waals surface area (Å²) >= 11 is 0. The molecule has 0 aliphatic rings. The molecule has 21 heavy (non-hydrogen) atoms. The normalized spacial score (nSPS) is 9.76. The molecule has 0 bridgehead atoms. The van der Waals surface area contributed by atoms with Crippen LogP contribution >= 0.6 is 0 Å². The van der Waals surface area contributed by atoms with E-state index in [1.165, 1.54) is 7.11 Å². The van der Waals surface area contributed by atoms with Gasteiger partial charge in [-0.2, -0.15) is 0 Å². The molecular formula is C15H15N3O3. The van der Waals surface area contributed by atoms with Crippen LogP contribution in [-0.4, -0.2) is 19.1 Å². The maximum Gasteiger partial charge on any atom is 0.411 e. The third-order valence-corrected chi connectivity index (χ3v) is 2.75. The van der Waals surface area contributed by atoms with Crippen molar-refractivity contribution < 1.29 is 14.3 Å². The lowest BCUT2D eigenvalue weighted by Gasteiger charge is -2.07. The molecule has 2 rings (SSSR count). The summed E-state index contributed by atoms with van der Waals surface area (Å²) in [4.78, 5) is 23.0. The topological polar surface area (TPSA) is 93.5 Å². The molecule has 4 N–H and O–H groups in total. The Bertz CT molecular complexity index is 636. The van der Waals surface area contributed by atoms with Crippen molar-refractivity contribution in [3.05, 3.63) is 54.1 Å². The predicted molar refractivity (Wildman–Crippen MR) is 81.3 cm³/mol. The van der Waals surface area contributed by atoms with E-state index in [4.69, 9.17) is 5.73 Å². The Balaban J connectivity index is 2.01. The van der Waals surface area contributed by atoms with Gasteiger partial charge in [-0.05, 0) is 48.5 Å². The molecule has 0 fully saturated rings. The van der Waals surface area contributed by atoms with Crippen molar-refractivity contribution in [2.75, 3.05) is 23.5 Å². The molecule has 6 heteroatoms. The summed E-state index contributed by atoms with van der Waals surface area (Å²) in [6.07, 6.45) is -0.548. The van der Waals surface area contributed by atoms with Gasteiger partial charge in [0.1, 0.15) is 0 Å². The van der Waals surface area contributed by atoms with Crippen molar-refractivity contribution in [1.82, 2.24) is 0 Å². The van der Waals surface area contributed by atoms with E-state index in [1.807, 2.05) is 0 Å². The lowest BCUT2D eigenvalue weighted by molar-refractivity contribution is 0.102. The van der Waals surface area contributed by atoms with Crippen LogP contribution in [0.2, 0.25) is 0 Å². The van der Waals surface area contributed by atoms with E-state index < -0.39 is 6.09 Å². The largest absolute Gasteiger partial charge is 0.453 e. The number of rotatable bonds is 3. The quantitative estimate of drug-likeness (QED) is 0.756. The number of carbonyl (C=O) groups is 2. The van der Waals surface area contributed by atoms with Gasteiger partial charge in [0.2, 0.25) is 0 Å². The number of anilines is 3. The number of carbonyl (C=O) groups excluding carboxylic acids is 2. The van der Waals surface area contributed by atoms with Crippen LogP contribution in [0.4, 0.5) is 21.9 Å². The van der Waals surface area contributed by atoms with E-state index in [2.05, 4.69) is 15.4 Å². The fourth-order valence-corrected chi connectivity index (χ4v) is 1.64. The molecule has 2 aromatic carbocycles. The average molecular weight is 285 g/mol. The molecule has 0 heterocycles. The molecule has 2 amide bonds. The van der Waals surface area contributed by atoms with Gasteiger partial charge in [0.05, 0.1) is 7.11 Å². The zero-order chi connectivity index (χ0) is 15.2. The molecule has 0 spiro atoms. The third kappa shape index (κ3) is 3.97. The Morgan fingerprint density at radius 2 is 1.43 bits per heavy atom. The van der Waals surface area contributed by atoms with Gasteiger partial charge in [-0.1, -0.05) is 0 Å². The predicted octanol–water partition coefficient (Wildman–Crippen LogP) is 2.70. The Kier molecular flexibility index (Phi) is 4.40. The molecule has 0 aliphatic heterocycles. The summed E-state index contributed by atoms with van der Waals surface area (Å²) in [5, 5.41) is 5.27. The molecular weight excluding hydrogens is 270 g/mol. The van der Waals surface area contributed by atoms with E-state index >= 15 is 0 Å². The number of ether oxygens (including phenoxy) is 1. The highest BCUT2D eigenvalue weighted by molar-refractivity contribution is 6.04. The summed E-state index contributed by atoms with van der Waals surface area (Å²) in [5.74, 6) is -0.233. The minimum Gasteiger partial charge on any atom is -0.453 e. The summed E-state index contributed by atoms with van der Waals surface area (Å²) < 4.78 is 4.49. The van der Waals surface area contributed by atoms with Gasteiger partial charge in [-0.15, -0.1) is 0 Å². The van der Waals surface area contributed by atoms with Crippen LogP contribution in [0.15, 0.2) is 48.5 Å². The lowest BCUT2D eigenvalue weighted by Crippen LogP contribution is -2.13. The van der Waals surface area contributed by atoms with Crippen molar-refractivity contribution in [3.8, 4) is 0 Å². The van der Waals surface area contributed by atoms with Gasteiger partial charge in [-0.3, -0.25) is 10.1 Å². The molecule has 108 valence electrons. The zero-order valence-electron chi connectivity index (χ0n) is 11.4. The summed E-state index contributed by atoms with van der Waals surface area (Å²) in [6.45, 7) is 0. The molecule has 2 aromatic rings. The summed E-state index contributed by atoms with van der Waals surface area (Å²) in [7, 11) is 1.29. The monoisotopic (exact) mass is 285 g/mol. The van der Waals surface area contributed by atoms with Gasteiger partial charge in [-0.25, -0.2) is 4.79 Å². The van der Waals surface area contributed by atoms with Gasteiger partial charge in [0, 0.05) is 22.6 Å². The number of benzene rings is 2. The first-order chi connectivity index (χ1) is 10.1. The van der Waals surface area contributed by atoms with E-state index in [9.17, 15) is 9.59 Å². The maximum absolute atomic E-state index is 12.0. The van der Waals surface area contributed by atoms with E-state index in [0.29, 0.717) is 22.6 Å². The molecule has 6 nitrogen and oxygen atoms in total. The van der Waals surface area contributed by atoms with Crippen LogP contribution in [0.5, 0.6) is 0 Å². The van der Waals surface area contributed by atoms with Gasteiger partial charge in [0.25, 0.3) is 5.91 Å². The lowest BCUT2D eigenvalue weighted by atomic mass is 10.2. The second kappa shape index (κ2) is 6.42. The molecule has 0 aliphatic carbocycles. The highest BCUT2D eigenvalue weighted by atomic mass is 16.5. The van der Waals surface area contributed by atoms with Gasteiger partial charge < -0.3 is 15.8 Å². The van der Waals surface area contributed by atoms with Gasteiger partial charge in [0.15, 0.2) is 0 Å². The Morgan fingerprint density at radius 3 is 1.95 bits per heavy atom. The highest BCUT2D eigenvalue weighted by Gasteiger charge is 2.06. The van der Waals surface area contributed by atoms with E-state index in [0.717, 1.165) is 0 Å². The van der Waals surface area contributed by atoms with Crippen molar-refractivity contribution in [3.63, 3.8) is 0 Å². The van der Waals surface area contributed by atoms with Crippen molar-refractivity contribution in [2.45, 2.75) is 0 Å². The van der Waals surface area contributed by atoms with Crippen LogP contribution in [0.3, 0.4) is 0 Å². The Labute approximate surface area is 121 Å². The highest BCUT2D eigenvalue weighted by Crippen LogP contribution is 2.15. The Morgan fingerprint density at radius 1 is 0.905 bits per heavy atom. The van der Waals surface area contributed by atoms with Crippen LogP contribution in [0.1, 0.15) is 10.4 Å². The number of nitrogens with two attached hydrogens (primary N) is 1. The third-order valence-electron chi connectivity index (χ3n) is 2.75. The Hall–Kier alpha value is -3.02. The van der Waals surface area contributed by atoms with E-state index in [1.54, 1.807) is 48.5 Å². The van der Waals surface area contributed by atoms with E-state index in [-0.39, 0.29) is 5.91 Å². The molecule has 0 aromatic heterocycles. The fourth-order valence-electron chi connectivity index (χ4n) is 1.64. The second-order valence-electron chi connectivity index (χ2n) is 4.27. The fraction of sp³-hybridized carbons (Fsp3) is 0.0667. The first-order valence-electron chi connectivity index (χ1n) is 6.20. The molecule has 0 atom stereocenters. The van der Waals surface area contributed by atoms with Crippen molar-refractivity contribution >= 4 is 29.1 Å². The molecule has 0 unspecified atom stereocenters. The van der Waals surface area contributed by atoms with Crippen LogP contribution in [-0.2, 0) is 4.74 Å². The van der Waals surface area contributed by atoms with Crippen LogP contribution in [0.25, 0.3) is 0 Å². The van der Waals surface area contributed by atoms with Crippen LogP contribution in [0, 0.1) is 0 Å². The first kappa shape index (κ1) is 14.4. The number of methoxy groups -OCH3 is 1. The number of nitrogen functional groups attached to an aromatic ring is 1. The SMILES string of the molecule is COC(=O)Nc1ccc(NC(=O)c2ccc(N)cc2)cc1. The molecule has 0 saturated heterocycles. The van der Waals surface area contributed by atoms with Gasteiger partial charge >= 0.3 is 6.09 Å². The zero-order valence-corrected chi connectivity index (χ0v) is 11.4. The maximum atomic E-state index is 12.0. The number of nitrogens with one attached hydrogen (secondary N) is 2. The molecule has 0 radical (unpaired) electrons. The first-order valence-corrected chi connectivity index (χ1v) is 6.20. The summed E-state index contributed by atoms with van der Waals surface area (Å²) in [5.41, 5.74) is 7.88. The minimum atomic E-state index is -0.548.